The fourth-order valence-corrected chi connectivity index (χ4v) is 2.97. The molecule has 7 heteroatoms. The quantitative estimate of drug-likeness (QED) is 0.870. The van der Waals surface area contributed by atoms with E-state index in [-0.39, 0.29) is 6.54 Å². The molecule has 2 aromatic rings. The zero-order chi connectivity index (χ0) is 14.8. The zero-order valence-corrected chi connectivity index (χ0v) is 11.6. The molecule has 0 aliphatic heterocycles. The van der Waals surface area contributed by atoms with Crippen molar-refractivity contribution in [3.05, 3.63) is 54.1 Å². The van der Waals surface area contributed by atoms with Gasteiger partial charge in [0, 0.05) is 25.5 Å². The average Bonchev–Trinajstić information content (AvgIpc) is 2.83. The van der Waals surface area contributed by atoms with Gasteiger partial charge in [0.15, 0.2) is 0 Å². The van der Waals surface area contributed by atoms with Crippen LogP contribution < -0.4 is 4.72 Å². The smallest absolute Gasteiger partial charge is 0.243 e. The van der Waals surface area contributed by atoms with E-state index in [1.54, 1.807) is 29.9 Å². The van der Waals surface area contributed by atoms with Gasteiger partial charge in [-0.2, -0.15) is 0 Å². The molecule has 1 aromatic carbocycles. The maximum Gasteiger partial charge on any atom is 0.243 e. The molecule has 2 rings (SSSR count). The molecule has 2 N–H and O–H groups in total. The third kappa shape index (κ3) is 3.06. The number of sulfonamides is 1. The maximum absolute atomic E-state index is 13.5. The van der Waals surface area contributed by atoms with E-state index < -0.39 is 26.8 Å². The Bertz CT molecular complexity index is 697. The lowest BCUT2D eigenvalue weighted by molar-refractivity contribution is 0.173. The van der Waals surface area contributed by atoms with Crippen LogP contribution in [0.3, 0.4) is 0 Å². The molecule has 0 saturated heterocycles. The third-order valence-electron chi connectivity index (χ3n) is 2.92. The summed E-state index contributed by atoms with van der Waals surface area (Å²) in [4.78, 5) is -0.431. The van der Waals surface area contributed by atoms with Crippen molar-refractivity contribution in [3.63, 3.8) is 0 Å². The molecule has 0 unspecified atom stereocenters. The fourth-order valence-electron chi connectivity index (χ4n) is 1.85. The van der Waals surface area contributed by atoms with E-state index in [0.717, 1.165) is 6.07 Å². The Morgan fingerprint density at radius 1 is 1.30 bits per heavy atom. The second kappa shape index (κ2) is 5.74. The highest BCUT2D eigenvalue weighted by molar-refractivity contribution is 7.89. The van der Waals surface area contributed by atoms with Crippen LogP contribution in [0.5, 0.6) is 0 Å². The van der Waals surface area contributed by atoms with Crippen molar-refractivity contribution < 1.29 is 17.9 Å². The van der Waals surface area contributed by atoms with Crippen molar-refractivity contribution in [2.45, 2.75) is 11.0 Å². The summed E-state index contributed by atoms with van der Waals surface area (Å²) in [5.41, 5.74) is 0.571. The molecular formula is C13H15FN2O3S. The fraction of sp³-hybridized carbons (Fsp3) is 0.231. The molecule has 5 nitrogen and oxygen atoms in total. The van der Waals surface area contributed by atoms with Gasteiger partial charge in [0.05, 0.1) is 0 Å². The van der Waals surface area contributed by atoms with Gasteiger partial charge in [-0.15, -0.1) is 0 Å². The van der Waals surface area contributed by atoms with E-state index in [2.05, 4.69) is 4.72 Å². The Kier molecular flexibility index (Phi) is 4.22. The first-order valence-corrected chi connectivity index (χ1v) is 7.43. The first-order valence-electron chi connectivity index (χ1n) is 5.95. The molecule has 0 aliphatic carbocycles. The van der Waals surface area contributed by atoms with Gasteiger partial charge in [-0.05, 0) is 24.3 Å². The normalized spacial score (nSPS) is 13.3. The van der Waals surface area contributed by atoms with Crippen LogP contribution in [0.2, 0.25) is 0 Å². The van der Waals surface area contributed by atoms with Gasteiger partial charge >= 0.3 is 0 Å². The van der Waals surface area contributed by atoms with Crippen molar-refractivity contribution >= 4 is 10.0 Å². The van der Waals surface area contributed by atoms with Gasteiger partial charge in [-0.3, -0.25) is 0 Å². The maximum atomic E-state index is 13.5. The van der Waals surface area contributed by atoms with Crippen molar-refractivity contribution in [2.24, 2.45) is 7.05 Å². The zero-order valence-electron chi connectivity index (χ0n) is 10.8. The van der Waals surface area contributed by atoms with Crippen LogP contribution in [0.4, 0.5) is 4.39 Å². The molecule has 0 saturated carbocycles. The van der Waals surface area contributed by atoms with Gasteiger partial charge < -0.3 is 9.67 Å². The molecule has 1 atom stereocenters. The predicted molar refractivity (Wildman–Crippen MR) is 72.0 cm³/mol. The monoisotopic (exact) mass is 298 g/mol. The number of benzene rings is 1. The minimum Gasteiger partial charge on any atom is -0.386 e. The number of hydrogen-bond donors (Lipinski definition) is 2. The average molecular weight is 298 g/mol. The van der Waals surface area contributed by atoms with E-state index in [1.165, 1.54) is 18.2 Å². The number of aryl methyl sites for hydroxylation is 1. The molecule has 0 spiro atoms. The molecule has 0 amide bonds. The van der Waals surface area contributed by atoms with Crippen LogP contribution in [-0.4, -0.2) is 24.6 Å². The van der Waals surface area contributed by atoms with E-state index in [1.807, 2.05) is 0 Å². The van der Waals surface area contributed by atoms with Crippen molar-refractivity contribution in [1.29, 1.82) is 0 Å². The summed E-state index contributed by atoms with van der Waals surface area (Å²) in [5, 5.41) is 9.93. The number of aromatic nitrogens is 1. The van der Waals surface area contributed by atoms with Crippen LogP contribution in [0.1, 0.15) is 11.8 Å². The number of aliphatic hydroxyl groups is 1. The van der Waals surface area contributed by atoms with Crippen LogP contribution in [-0.2, 0) is 17.1 Å². The summed E-state index contributed by atoms with van der Waals surface area (Å²) in [6.45, 7) is -0.228. The van der Waals surface area contributed by atoms with Crippen LogP contribution in [0, 0.1) is 5.82 Å². The van der Waals surface area contributed by atoms with Crippen molar-refractivity contribution in [2.75, 3.05) is 6.54 Å². The standard InChI is InChI=1S/C13H15FN2O3S/c1-16-8-4-6-11(16)12(17)9-15-20(18,19)13-7-3-2-5-10(13)14/h2-8,12,15,17H,9H2,1H3/t12-/m0/s1. The molecule has 0 radical (unpaired) electrons. The lowest BCUT2D eigenvalue weighted by Crippen LogP contribution is -2.29. The van der Waals surface area contributed by atoms with Crippen molar-refractivity contribution in [1.82, 2.24) is 9.29 Å². The third-order valence-corrected chi connectivity index (χ3v) is 4.38. The summed E-state index contributed by atoms with van der Waals surface area (Å²) in [6, 6.07) is 8.51. The van der Waals surface area contributed by atoms with Crippen LogP contribution >= 0.6 is 0 Å². The Morgan fingerprint density at radius 3 is 2.60 bits per heavy atom. The first-order chi connectivity index (χ1) is 9.42. The Labute approximate surface area is 116 Å². The van der Waals surface area contributed by atoms with Crippen LogP contribution in [0.15, 0.2) is 47.5 Å². The minimum absolute atomic E-state index is 0.228. The summed E-state index contributed by atoms with van der Waals surface area (Å²) in [7, 11) is -2.24. The summed E-state index contributed by atoms with van der Waals surface area (Å²) >= 11 is 0. The molecule has 20 heavy (non-hydrogen) atoms. The van der Waals surface area contributed by atoms with Gasteiger partial charge in [-0.1, -0.05) is 12.1 Å². The number of halogens is 1. The lowest BCUT2D eigenvalue weighted by Gasteiger charge is -2.13. The SMILES string of the molecule is Cn1cccc1[C@@H](O)CNS(=O)(=O)c1ccccc1F. The Balaban J connectivity index is 2.11. The molecule has 108 valence electrons. The van der Waals surface area contributed by atoms with Gasteiger partial charge in [-0.25, -0.2) is 17.5 Å². The Hall–Kier alpha value is -1.70. The summed E-state index contributed by atoms with van der Waals surface area (Å²) < 4.78 is 41.2. The predicted octanol–water partition coefficient (Wildman–Crippen LogP) is 1.18. The van der Waals surface area contributed by atoms with Gasteiger partial charge in [0.25, 0.3) is 0 Å². The molecule has 0 fully saturated rings. The lowest BCUT2D eigenvalue weighted by atomic mass is 10.2. The number of hydrogen-bond acceptors (Lipinski definition) is 3. The Morgan fingerprint density at radius 2 is 2.00 bits per heavy atom. The molecular weight excluding hydrogens is 283 g/mol. The van der Waals surface area contributed by atoms with Gasteiger partial charge in [0.2, 0.25) is 10.0 Å². The van der Waals surface area contributed by atoms with E-state index >= 15 is 0 Å². The minimum atomic E-state index is -3.98. The molecule has 0 bridgehead atoms. The number of nitrogens with one attached hydrogen (secondary N) is 1. The van der Waals surface area contributed by atoms with E-state index in [9.17, 15) is 17.9 Å². The summed E-state index contributed by atoms with van der Waals surface area (Å²) in [6.07, 6.45) is 0.737. The molecule has 1 heterocycles. The molecule has 0 aliphatic rings. The van der Waals surface area contributed by atoms with E-state index in [0.29, 0.717) is 5.69 Å². The number of aliphatic hydroxyl groups excluding tert-OH is 1. The van der Waals surface area contributed by atoms with Crippen LogP contribution in [0.25, 0.3) is 0 Å². The van der Waals surface area contributed by atoms with E-state index in [4.69, 9.17) is 0 Å². The number of rotatable bonds is 5. The largest absolute Gasteiger partial charge is 0.386 e. The van der Waals surface area contributed by atoms with Gasteiger partial charge in [0.1, 0.15) is 16.8 Å². The highest BCUT2D eigenvalue weighted by atomic mass is 32.2. The van der Waals surface area contributed by atoms with Crippen molar-refractivity contribution in [3.8, 4) is 0 Å². The highest BCUT2D eigenvalue weighted by Gasteiger charge is 2.20. The highest BCUT2D eigenvalue weighted by Crippen LogP contribution is 2.15. The number of nitrogens with zero attached hydrogens (tertiary/aromatic N) is 1. The second-order valence-corrected chi connectivity index (χ2v) is 6.08. The summed E-state index contributed by atoms with van der Waals surface area (Å²) in [5.74, 6) is -0.826. The first kappa shape index (κ1) is 14.7. The molecule has 1 aromatic heterocycles. The topological polar surface area (TPSA) is 71.3 Å². The second-order valence-electron chi connectivity index (χ2n) is 4.34.